The van der Waals surface area contributed by atoms with E-state index in [1.165, 1.54) is 11.1 Å². The molecule has 0 aromatic heterocycles. The highest BCUT2D eigenvalue weighted by Crippen LogP contribution is 2.60. The Bertz CT molecular complexity index is 1380. The SMILES string of the molecule is CC(C)=CCC/C(C)=C/CN1C(=O)[C@@]2(O[C@@H](CC(=O)N3CCC[C@H]3CO)[C@H]([Si](C)(C)O)[C@H]2C)c2cc(N3CCOC3=O)ccc21. The molecule has 3 fully saturated rings. The number of aliphatic hydroxyl groups excluding tert-OH is 1. The molecule has 10 nitrogen and oxygen atoms in total. The van der Waals surface area contributed by atoms with Crippen LogP contribution in [0, 0.1) is 5.92 Å². The Kier molecular flexibility index (Phi) is 9.65. The molecule has 246 valence electrons. The molecule has 0 aliphatic carbocycles. The Morgan fingerprint density at radius 3 is 2.56 bits per heavy atom. The van der Waals surface area contributed by atoms with Crippen LogP contribution in [0.3, 0.4) is 0 Å². The minimum Gasteiger partial charge on any atom is -0.447 e. The van der Waals surface area contributed by atoms with E-state index < -0.39 is 37.6 Å². The zero-order chi connectivity index (χ0) is 32.7. The summed E-state index contributed by atoms with van der Waals surface area (Å²) < 4.78 is 12.1. The minimum absolute atomic E-state index is 0.0222. The molecule has 4 aliphatic heterocycles. The van der Waals surface area contributed by atoms with Crippen LogP contribution in [-0.4, -0.2) is 86.0 Å². The van der Waals surface area contributed by atoms with Crippen LogP contribution in [0.25, 0.3) is 0 Å². The Morgan fingerprint density at radius 2 is 1.91 bits per heavy atom. The maximum atomic E-state index is 14.7. The van der Waals surface area contributed by atoms with Crippen molar-refractivity contribution in [3.8, 4) is 0 Å². The zero-order valence-electron chi connectivity index (χ0n) is 27.5. The van der Waals surface area contributed by atoms with Gasteiger partial charge >= 0.3 is 6.09 Å². The Balaban J connectivity index is 1.53. The van der Waals surface area contributed by atoms with Gasteiger partial charge in [0.1, 0.15) is 6.61 Å². The van der Waals surface area contributed by atoms with Gasteiger partial charge in [0.25, 0.3) is 5.91 Å². The Labute approximate surface area is 267 Å². The predicted octanol–water partition coefficient (Wildman–Crippen LogP) is 4.85. The van der Waals surface area contributed by atoms with Gasteiger partial charge in [-0.1, -0.05) is 30.2 Å². The normalized spacial score (nSPS) is 28.4. The van der Waals surface area contributed by atoms with Crippen LogP contribution in [0.4, 0.5) is 16.2 Å². The maximum absolute atomic E-state index is 14.7. The third kappa shape index (κ3) is 6.24. The van der Waals surface area contributed by atoms with Gasteiger partial charge in [-0.3, -0.25) is 14.5 Å². The zero-order valence-corrected chi connectivity index (χ0v) is 28.5. The number of allylic oxidation sites excluding steroid dienone is 3. The van der Waals surface area contributed by atoms with Crippen LogP contribution in [0.5, 0.6) is 0 Å². The van der Waals surface area contributed by atoms with Crippen molar-refractivity contribution in [3.63, 3.8) is 0 Å². The monoisotopic (exact) mass is 639 g/mol. The van der Waals surface area contributed by atoms with Crippen molar-refractivity contribution < 1.29 is 33.8 Å². The first-order valence-corrected chi connectivity index (χ1v) is 19.3. The second-order valence-electron chi connectivity index (χ2n) is 13.9. The molecule has 1 aromatic rings. The highest BCUT2D eigenvalue weighted by Gasteiger charge is 2.66. The molecule has 0 saturated carbocycles. The number of nitrogens with zero attached hydrogens (tertiary/aromatic N) is 3. The van der Waals surface area contributed by atoms with Gasteiger partial charge in [0, 0.05) is 35.8 Å². The largest absolute Gasteiger partial charge is 0.447 e. The lowest BCUT2D eigenvalue weighted by Crippen LogP contribution is -2.46. The molecule has 0 bridgehead atoms. The van der Waals surface area contributed by atoms with Gasteiger partial charge in [0.15, 0.2) is 13.9 Å². The van der Waals surface area contributed by atoms with Crippen LogP contribution in [0.2, 0.25) is 18.6 Å². The number of hydrogen-bond acceptors (Lipinski definition) is 7. The molecule has 5 atom stereocenters. The van der Waals surface area contributed by atoms with E-state index in [1.54, 1.807) is 14.7 Å². The number of likely N-dealkylation sites (tertiary alicyclic amines) is 1. The summed E-state index contributed by atoms with van der Waals surface area (Å²) in [5, 5.41) is 9.85. The number of rotatable bonds is 10. The average molecular weight is 640 g/mol. The van der Waals surface area contributed by atoms with Crippen molar-refractivity contribution in [2.45, 2.75) is 96.2 Å². The summed E-state index contributed by atoms with van der Waals surface area (Å²) in [6.07, 6.45) is 6.58. The third-order valence-corrected chi connectivity index (χ3v) is 12.5. The second kappa shape index (κ2) is 13.0. The van der Waals surface area contributed by atoms with E-state index in [0.29, 0.717) is 36.6 Å². The van der Waals surface area contributed by atoms with Crippen molar-refractivity contribution in [1.29, 1.82) is 0 Å². The fourth-order valence-corrected chi connectivity index (χ4v) is 10.4. The van der Waals surface area contributed by atoms with Gasteiger partial charge in [-0.15, -0.1) is 0 Å². The molecule has 1 aromatic carbocycles. The molecule has 0 unspecified atom stereocenters. The average Bonchev–Trinajstić information content (AvgIpc) is 3.73. The fraction of sp³-hybridized carbons (Fsp3) is 0.618. The molecular weight excluding hydrogens is 590 g/mol. The van der Waals surface area contributed by atoms with E-state index in [1.807, 2.05) is 38.2 Å². The number of aliphatic hydroxyl groups is 1. The van der Waals surface area contributed by atoms with Crippen LogP contribution < -0.4 is 9.80 Å². The molecule has 45 heavy (non-hydrogen) atoms. The van der Waals surface area contributed by atoms with Crippen molar-refractivity contribution in [3.05, 3.63) is 47.1 Å². The van der Waals surface area contributed by atoms with Crippen molar-refractivity contribution in [1.82, 2.24) is 4.90 Å². The summed E-state index contributed by atoms with van der Waals surface area (Å²) in [6, 6.07) is 5.34. The van der Waals surface area contributed by atoms with E-state index >= 15 is 0 Å². The molecular formula is C34H49N3O7Si. The fourth-order valence-electron chi connectivity index (χ4n) is 7.82. The number of carbonyl (C=O) groups is 3. The lowest BCUT2D eigenvalue weighted by atomic mass is 9.82. The smallest absolute Gasteiger partial charge is 0.414 e. The number of anilines is 2. The predicted molar refractivity (Wildman–Crippen MR) is 176 cm³/mol. The first-order chi connectivity index (χ1) is 21.3. The summed E-state index contributed by atoms with van der Waals surface area (Å²) >= 11 is 0. The van der Waals surface area contributed by atoms with E-state index in [-0.39, 0.29) is 37.5 Å². The number of benzene rings is 1. The number of hydrogen-bond donors (Lipinski definition) is 2. The van der Waals surface area contributed by atoms with Crippen LogP contribution in [0.15, 0.2) is 41.5 Å². The standard InChI is InChI=1S/C34H49N3O7Si/c1-22(2)9-7-10-23(3)14-16-37-28-13-12-25(36-17-18-43-33(36)41)19-27(28)34(32(37)40)24(4)31(45(5,6)42)29(44-34)20-30(39)35-15-8-11-26(35)21-38/h9,12-14,19,24,26,29,31,38,42H,7-8,10-11,15-18,20-21H2,1-6H3/b23-14+/t24-,26+,29+,31-,34+/m1/s1. The van der Waals surface area contributed by atoms with Crippen LogP contribution >= 0.6 is 0 Å². The quantitative estimate of drug-likeness (QED) is 0.277. The summed E-state index contributed by atoms with van der Waals surface area (Å²) in [5.41, 5.74) is 2.59. The van der Waals surface area contributed by atoms with Crippen LogP contribution in [0.1, 0.15) is 65.4 Å². The van der Waals surface area contributed by atoms with Crippen LogP contribution in [-0.2, 0) is 24.7 Å². The highest BCUT2D eigenvalue weighted by atomic mass is 28.4. The minimum atomic E-state index is -2.98. The first-order valence-electron chi connectivity index (χ1n) is 16.3. The first kappa shape index (κ1) is 33.4. The van der Waals surface area contributed by atoms with E-state index in [9.17, 15) is 24.3 Å². The van der Waals surface area contributed by atoms with Crippen molar-refractivity contribution in [2.24, 2.45) is 5.92 Å². The molecule has 2 N–H and O–H groups in total. The van der Waals surface area contributed by atoms with Crippen molar-refractivity contribution in [2.75, 3.05) is 42.6 Å². The summed E-state index contributed by atoms with van der Waals surface area (Å²) in [4.78, 5) is 57.5. The molecule has 4 heterocycles. The van der Waals surface area contributed by atoms with Gasteiger partial charge in [0.05, 0.1) is 37.4 Å². The third-order valence-electron chi connectivity index (χ3n) is 10.0. The molecule has 1 spiro atoms. The van der Waals surface area contributed by atoms with E-state index in [2.05, 4.69) is 32.9 Å². The Morgan fingerprint density at radius 1 is 1.16 bits per heavy atom. The van der Waals surface area contributed by atoms with Gasteiger partial charge in [-0.25, -0.2) is 4.79 Å². The molecule has 11 heteroatoms. The van der Waals surface area contributed by atoms with Gasteiger partial charge in [0.2, 0.25) is 5.91 Å². The van der Waals surface area contributed by atoms with E-state index in [0.717, 1.165) is 25.7 Å². The summed E-state index contributed by atoms with van der Waals surface area (Å²) in [5.74, 6) is -0.781. The highest BCUT2D eigenvalue weighted by molar-refractivity contribution is 6.71. The summed E-state index contributed by atoms with van der Waals surface area (Å²) in [6.45, 7) is 13.4. The second-order valence-corrected chi connectivity index (χ2v) is 17.9. The van der Waals surface area contributed by atoms with Gasteiger partial charge in [-0.05, 0) is 77.7 Å². The summed E-state index contributed by atoms with van der Waals surface area (Å²) in [7, 11) is -2.98. The number of ether oxygens (including phenoxy) is 2. The molecule has 5 rings (SSSR count). The topological polar surface area (TPSA) is 120 Å². The number of cyclic esters (lactones) is 1. The lowest BCUT2D eigenvalue weighted by Gasteiger charge is -2.33. The molecule has 0 radical (unpaired) electrons. The molecule has 3 saturated heterocycles. The number of fused-ring (bicyclic) bond motifs is 2. The number of amides is 3. The maximum Gasteiger partial charge on any atom is 0.414 e. The lowest BCUT2D eigenvalue weighted by molar-refractivity contribution is -0.149. The molecule has 3 amide bonds. The Hall–Kier alpha value is -2.99. The van der Waals surface area contributed by atoms with Crippen molar-refractivity contribution >= 4 is 37.6 Å². The molecule has 4 aliphatic rings. The van der Waals surface area contributed by atoms with E-state index in [4.69, 9.17) is 9.47 Å². The van der Waals surface area contributed by atoms with Gasteiger partial charge in [-0.2, -0.15) is 0 Å². The van der Waals surface area contributed by atoms with Gasteiger partial charge < -0.3 is 29.2 Å². The number of carbonyl (C=O) groups excluding carboxylic acids is 3.